The van der Waals surface area contributed by atoms with Crippen LogP contribution in [0.4, 0.5) is 4.79 Å². The Labute approximate surface area is 130 Å². The Hall–Kier alpha value is -2.27. The van der Waals surface area contributed by atoms with Crippen LogP contribution in [0.2, 0.25) is 0 Å². The van der Waals surface area contributed by atoms with E-state index in [2.05, 4.69) is 10.6 Å². The summed E-state index contributed by atoms with van der Waals surface area (Å²) in [6, 6.07) is 10.4. The molecule has 2 rings (SSSR count). The maximum atomic E-state index is 12.1. The summed E-state index contributed by atoms with van der Waals surface area (Å²) in [5, 5.41) is 15.1. The standard InChI is InChI=1S/C17H22N2O3/c1-11-9-15(13(3)22-11)12(2)18-17(21)19-16(10-20)14-7-5-4-6-8-14/h4-9,12,16,20H,10H2,1-3H3,(H2,18,19,21). The molecule has 0 bridgehead atoms. The summed E-state index contributed by atoms with van der Waals surface area (Å²) in [7, 11) is 0. The van der Waals surface area contributed by atoms with Crippen LogP contribution in [0, 0.1) is 13.8 Å². The molecule has 0 saturated heterocycles. The molecule has 2 atom stereocenters. The number of hydrogen-bond acceptors (Lipinski definition) is 3. The molecule has 22 heavy (non-hydrogen) atoms. The van der Waals surface area contributed by atoms with Gasteiger partial charge in [-0.25, -0.2) is 4.79 Å². The minimum Gasteiger partial charge on any atom is -0.466 e. The predicted octanol–water partition coefficient (Wildman–Crippen LogP) is 2.99. The van der Waals surface area contributed by atoms with E-state index >= 15 is 0 Å². The minimum atomic E-state index is -0.430. The molecule has 0 aliphatic rings. The first kappa shape index (κ1) is 16.1. The Morgan fingerprint density at radius 3 is 2.45 bits per heavy atom. The molecule has 0 saturated carbocycles. The van der Waals surface area contributed by atoms with Crippen molar-refractivity contribution in [3.8, 4) is 0 Å². The fourth-order valence-corrected chi connectivity index (χ4v) is 2.47. The van der Waals surface area contributed by atoms with Gasteiger partial charge in [0, 0.05) is 5.56 Å². The van der Waals surface area contributed by atoms with Crippen molar-refractivity contribution in [2.45, 2.75) is 32.9 Å². The quantitative estimate of drug-likeness (QED) is 0.795. The lowest BCUT2D eigenvalue weighted by Gasteiger charge is -2.19. The van der Waals surface area contributed by atoms with Gasteiger partial charge in [0.05, 0.1) is 18.7 Å². The van der Waals surface area contributed by atoms with E-state index in [4.69, 9.17) is 4.42 Å². The van der Waals surface area contributed by atoms with Crippen molar-refractivity contribution in [3.05, 3.63) is 59.0 Å². The van der Waals surface area contributed by atoms with E-state index < -0.39 is 6.04 Å². The number of hydrogen-bond donors (Lipinski definition) is 3. The zero-order valence-electron chi connectivity index (χ0n) is 13.1. The van der Waals surface area contributed by atoms with Crippen LogP contribution in [-0.4, -0.2) is 17.7 Å². The number of furan rings is 1. The number of amides is 2. The summed E-state index contributed by atoms with van der Waals surface area (Å²) >= 11 is 0. The molecular weight excluding hydrogens is 280 g/mol. The normalized spacial score (nSPS) is 13.5. The number of aliphatic hydroxyl groups is 1. The summed E-state index contributed by atoms with van der Waals surface area (Å²) in [4.78, 5) is 12.1. The zero-order valence-corrected chi connectivity index (χ0v) is 13.1. The third-order valence-corrected chi connectivity index (χ3v) is 3.58. The van der Waals surface area contributed by atoms with Gasteiger partial charge in [0.15, 0.2) is 0 Å². The van der Waals surface area contributed by atoms with E-state index in [1.807, 2.05) is 57.2 Å². The maximum absolute atomic E-state index is 12.1. The number of nitrogens with one attached hydrogen (secondary N) is 2. The van der Waals surface area contributed by atoms with Crippen LogP contribution < -0.4 is 10.6 Å². The number of urea groups is 1. The van der Waals surface area contributed by atoms with Crippen molar-refractivity contribution in [1.29, 1.82) is 0 Å². The third kappa shape index (κ3) is 3.89. The Morgan fingerprint density at radius 2 is 1.91 bits per heavy atom. The molecule has 1 aromatic carbocycles. The van der Waals surface area contributed by atoms with Gasteiger partial charge in [-0.1, -0.05) is 30.3 Å². The molecule has 3 N–H and O–H groups in total. The predicted molar refractivity (Wildman–Crippen MR) is 84.5 cm³/mol. The molecular formula is C17H22N2O3. The molecule has 118 valence electrons. The van der Waals surface area contributed by atoms with Crippen LogP contribution in [0.5, 0.6) is 0 Å². The Bertz CT molecular complexity index is 622. The van der Waals surface area contributed by atoms with Gasteiger partial charge in [-0.05, 0) is 32.4 Å². The van der Waals surface area contributed by atoms with Crippen LogP contribution in [0.25, 0.3) is 0 Å². The van der Waals surface area contributed by atoms with Gasteiger partial charge in [-0.3, -0.25) is 0 Å². The van der Waals surface area contributed by atoms with Crippen molar-refractivity contribution >= 4 is 6.03 Å². The summed E-state index contributed by atoms with van der Waals surface area (Å²) < 4.78 is 5.48. The number of aliphatic hydroxyl groups excluding tert-OH is 1. The molecule has 0 radical (unpaired) electrons. The average Bonchev–Trinajstić information content (AvgIpc) is 2.84. The first-order valence-corrected chi connectivity index (χ1v) is 7.31. The lowest BCUT2D eigenvalue weighted by Crippen LogP contribution is -2.40. The van der Waals surface area contributed by atoms with Gasteiger partial charge in [0.2, 0.25) is 0 Å². The highest BCUT2D eigenvalue weighted by Crippen LogP contribution is 2.21. The number of aryl methyl sites for hydroxylation is 2. The van der Waals surface area contributed by atoms with Gasteiger partial charge in [0.1, 0.15) is 11.5 Å². The molecule has 1 aromatic heterocycles. The summed E-state index contributed by atoms with van der Waals surface area (Å²) in [6.45, 7) is 5.49. The molecule has 0 spiro atoms. The Kier molecular flexibility index (Phi) is 5.22. The molecule has 2 aromatic rings. The van der Waals surface area contributed by atoms with E-state index in [9.17, 15) is 9.90 Å². The lowest BCUT2D eigenvalue weighted by atomic mass is 10.1. The monoisotopic (exact) mass is 302 g/mol. The van der Waals surface area contributed by atoms with Crippen molar-refractivity contribution in [1.82, 2.24) is 10.6 Å². The lowest BCUT2D eigenvalue weighted by molar-refractivity contribution is 0.214. The van der Waals surface area contributed by atoms with Gasteiger partial charge in [-0.15, -0.1) is 0 Å². The minimum absolute atomic E-state index is 0.157. The summed E-state index contributed by atoms with van der Waals surface area (Å²) in [5.41, 5.74) is 1.82. The number of carbonyl (C=O) groups excluding carboxylic acids is 1. The Balaban J connectivity index is 1.98. The largest absolute Gasteiger partial charge is 0.466 e. The van der Waals surface area contributed by atoms with Crippen LogP contribution in [0.1, 0.15) is 41.7 Å². The number of benzene rings is 1. The van der Waals surface area contributed by atoms with Gasteiger partial charge < -0.3 is 20.2 Å². The molecule has 0 fully saturated rings. The molecule has 0 aliphatic heterocycles. The van der Waals surface area contributed by atoms with Crippen LogP contribution in [-0.2, 0) is 0 Å². The molecule has 5 heteroatoms. The van der Waals surface area contributed by atoms with Crippen LogP contribution >= 0.6 is 0 Å². The van der Waals surface area contributed by atoms with Gasteiger partial charge in [-0.2, -0.15) is 0 Å². The topological polar surface area (TPSA) is 74.5 Å². The molecule has 2 unspecified atom stereocenters. The zero-order chi connectivity index (χ0) is 16.1. The van der Waals surface area contributed by atoms with Crippen molar-refractivity contribution < 1.29 is 14.3 Å². The highest BCUT2D eigenvalue weighted by atomic mass is 16.3. The van der Waals surface area contributed by atoms with Crippen LogP contribution in [0.3, 0.4) is 0 Å². The van der Waals surface area contributed by atoms with Gasteiger partial charge >= 0.3 is 6.03 Å². The highest BCUT2D eigenvalue weighted by molar-refractivity contribution is 5.75. The summed E-state index contributed by atoms with van der Waals surface area (Å²) in [6.07, 6.45) is 0. The van der Waals surface area contributed by atoms with Crippen molar-refractivity contribution in [3.63, 3.8) is 0 Å². The molecule has 1 heterocycles. The summed E-state index contributed by atoms with van der Waals surface area (Å²) in [5.74, 6) is 1.62. The van der Waals surface area contributed by atoms with Crippen LogP contribution in [0.15, 0.2) is 40.8 Å². The average molecular weight is 302 g/mol. The molecule has 2 amide bonds. The number of carbonyl (C=O) groups is 1. The second-order valence-corrected chi connectivity index (χ2v) is 5.35. The Morgan fingerprint density at radius 1 is 1.23 bits per heavy atom. The van der Waals surface area contributed by atoms with Crippen molar-refractivity contribution in [2.75, 3.05) is 6.61 Å². The van der Waals surface area contributed by atoms with E-state index in [0.717, 1.165) is 22.6 Å². The molecule has 0 aliphatic carbocycles. The van der Waals surface area contributed by atoms with E-state index in [1.54, 1.807) is 0 Å². The second-order valence-electron chi connectivity index (χ2n) is 5.35. The third-order valence-electron chi connectivity index (χ3n) is 3.58. The second kappa shape index (κ2) is 7.13. The highest BCUT2D eigenvalue weighted by Gasteiger charge is 2.18. The van der Waals surface area contributed by atoms with Gasteiger partial charge in [0.25, 0.3) is 0 Å². The fraction of sp³-hybridized carbons (Fsp3) is 0.353. The SMILES string of the molecule is Cc1cc(C(C)NC(=O)NC(CO)c2ccccc2)c(C)o1. The molecule has 5 nitrogen and oxygen atoms in total. The number of rotatable bonds is 5. The maximum Gasteiger partial charge on any atom is 0.315 e. The van der Waals surface area contributed by atoms with E-state index in [1.165, 1.54) is 0 Å². The van der Waals surface area contributed by atoms with Crippen molar-refractivity contribution in [2.24, 2.45) is 0 Å². The van der Waals surface area contributed by atoms with E-state index in [0.29, 0.717) is 0 Å². The fourth-order valence-electron chi connectivity index (χ4n) is 2.47. The first-order valence-electron chi connectivity index (χ1n) is 7.31. The first-order chi connectivity index (χ1) is 10.5. The van der Waals surface area contributed by atoms with E-state index in [-0.39, 0.29) is 18.7 Å². The smallest absolute Gasteiger partial charge is 0.315 e.